The summed E-state index contributed by atoms with van der Waals surface area (Å²) in [6.07, 6.45) is 0.116. The average molecular weight is 327 g/mol. The van der Waals surface area contributed by atoms with Crippen LogP contribution in [0.5, 0.6) is 11.5 Å². The minimum atomic E-state index is -0.497. The van der Waals surface area contributed by atoms with Crippen LogP contribution in [0.2, 0.25) is 0 Å². The maximum absolute atomic E-state index is 12.4. The van der Waals surface area contributed by atoms with Gasteiger partial charge in [-0.05, 0) is 55.2 Å². The lowest BCUT2D eigenvalue weighted by molar-refractivity contribution is -0.128. The molecule has 0 spiro atoms. The Balaban J connectivity index is 1.96. The predicted molar refractivity (Wildman–Crippen MR) is 95.5 cm³/mol. The van der Waals surface area contributed by atoms with Gasteiger partial charge in [-0.1, -0.05) is 31.2 Å². The first-order chi connectivity index (χ1) is 11.5. The molecule has 1 N–H and O–H groups in total. The van der Waals surface area contributed by atoms with Crippen LogP contribution in [0.4, 0.5) is 0 Å². The topological polar surface area (TPSA) is 47.6 Å². The van der Waals surface area contributed by atoms with Gasteiger partial charge in [0.15, 0.2) is 6.10 Å². The Hall–Kier alpha value is -2.49. The molecule has 0 heterocycles. The highest BCUT2D eigenvalue weighted by molar-refractivity contribution is 5.81. The number of hydrogen-bond acceptors (Lipinski definition) is 3. The minimum Gasteiger partial charge on any atom is -0.497 e. The Kier molecular flexibility index (Phi) is 6.24. The van der Waals surface area contributed by atoms with Crippen molar-refractivity contribution in [2.75, 3.05) is 7.11 Å². The maximum Gasteiger partial charge on any atom is 0.261 e. The average Bonchev–Trinajstić information content (AvgIpc) is 2.60. The highest BCUT2D eigenvalue weighted by Gasteiger charge is 2.19. The fourth-order valence-electron chi connectivity index (χ4n) is 2.36. The van der Waals surface area contributed by atoms with Gasteiger partial charge in [0.25, 0.3) is 5.91 Å². The van der Waals surface area contributed by atoms with Gasteiger partial charge in [-0.25, -0.2) is 0 Å². The summed E-state index contributed by atoms with van der Waals surface area (Å²) in [6, 6.07) is 13.6. The van der Waals surface area contributed by atoms with E-state index in [9.17, 15) is 4.79 Å². The summed E-state index contributed by atoms with van der Waals surface area (Å²) in [7, 11) is 1.63. The number of methoxy groups -OCH3 is 1. The van der Waals surface area contributed by atoms with E-state index in [1.54, 1.807) is 7.11 Å². The van der Waals surface area contributed by atoms with Crippen molar-refractivity contribution in [1.82, 2.24) is 5.32 Å². The molecule has 2 aromatic rings. The van der Waals surface area contributed by atoms with Crippen LogP contribution >= 0.6 is 0 Å². The Labute approximate surface area is 143 Å². The van der Waals surface area contributed by atoms with Gasteiger partial charge < -0.3 is 14.8 Å². The summed E-state index contributed by atoms with van der Waals surface area (Å²) >= 11 is 0. The summed E-state index contributed by atoms with van der Waals surface area (Å²) in [5.41, 5.74) is 3.16. The van der Waals surface area contributed by atoms with Crippen molar-refractivity contribution in [1.29, 1.82) is 0 Å². The lowest BCUT2D eigenvalue weighted by Gasteiger charge is -2.19. The number of carbonyl (C=O) groups excluding carboxylic acids is 1. The van der Waals surface area contributed by atoms with E-state index >= 15 is 0 Å². The highest BCUT2D eigenvalue weighted by Crippen LogP contribution is 2.21. The molecule has 4 heteroatoms. The van der Waals surface area contributed by atoms with Crippen LogP contribution in [0, 0.1) is 13.8 Å². The smallest absolute Gasteiger partial charge is 0.261 e. The lowest BCUT2D eigenvalue weighted by Crippen LogP contribution is -2.37. The van der Waals surface area contributed by atoms with Gasteiger partial charge in [0.05, 0.1) is 7.11 Å². The van der Waals surface area contributed by atoms with E-state index in [0.717, 1.165) is 28.2 Å². The molecule has 0 unspecified atom stereocenters. The monoisotopic (exact) mass is 327 g/mol. The first kappa shape index (κ1) is 17.9. The third-order valence-corrected chi connectivity index (χ3v) is 3.90. The van der Waals surface area contributed by atoms with Gasteiger partial charge in [-0.2, -0.15) is 0 Å². The van der Waals surface area contributed by atoms with Crippen molar-refractivity contribution in [2.45, 2.75) is 39.8 Å². The molecular weight excluding hydrogens is 302 g/mol. The molecule has 0 saturated heterocycles. The number of nitrogens with one attached hydrogen (secondary N) is 1. The number of amides is 1. The van der Waals surface area contributed by atoms with Crippen LogP contribution in [0.15, 0.2) is 42.5 Å². The van der Waals surface area contributed by atoms with Crippen molar-refractivity contribution in [3.05, 3.63) is 59.2 Å². The Morgan fingerprint density at radius 2 is 1.83 bits per heavy atom. The van der Waals surface area contributed by atoms with Gasteiger partial charge in [-0.3, -0.25) is 4.79 Å². The van der Waals surface area contributed by atoms with E-state index in [1.807, 2.05) is 63.2 Å². The molecule has 0 aliphatic rings. The van der Waals surface area contributed by atoms with E-state index in [-0.39, 0.29) is 5.91 Å². The third-order valence-electron chi connectivity index (χ3n) is 3.90. The van der Waals surface area contributed by atoms with E-state index in [1.165, 1.54) is 0 Å². The molecule has 2 rings (SSSR count). The number of ether oxygens (including phenoxy) is 2. The van der Waals surface area contributed by atoms with Crippen molar-refractivity contribution in [2.24, 2.45) is 0 Å². The molecule has 4 nitrogen and oxygen atoms in total. The number of carbonyl (C=O) groups is 1. The zero-order valence-corrected chi connectivity index (χ0v) is 14.8. The molecule has 0 aliphatic heterocycles. The zero-order chi connectivity index (χ0) is 17.5. The Bertz CT molecular complexity index is 680. The number of rotatable bonds is 7. The van der Waals surface area contributed by atoms with Gasteiger partial charge in [0.1, 0.15) is 11.5 Å². The van der Waals surface area contributed by atoms with Crippen LogP contribution in [0.25, 0.3) is 0 Å². The molecule has 0 saturated carbocycles. The van der Waals surface area contributed by atoms with E-state index < -0.39 is 6.10 Å². The molecule has 24 heavy (non-hydrogen) atoms. The van der Waals surface area contributed by atoms with Crippen molar-refractivity contribution >= 4 is 5.91 Å². The van der Waals surface area contributed by atoms with Crippen LogP contribution in [0.1, 0.15) is 30.0 Å². The standard InChI is InChI=1S/C20H25NO3/c1-5-18(24-19-12-14(2)6-7-15(19)3)20(22)21-13-16-8-10-17(23-4)11-9-16/h6-12,18H,5,13H2,1-4H3,(H,21,22)/t18-/m1/s1. The van der Waals surface area contributed by atoms with E-state index in [0.29, 0.717) is 13.0 Å². The fourth-order valence-corrected chi connectivity index (χ4v) is 2.36. The van der Waals surface area contributed by atoms with E-state index in [2.05, 4.69) is 5.32 Å². The molecule has 2 aromatic carbocycles. The largest absolute Gasteiger partial charge is 0.497 e. The molecule has 0 bridgehead atoms. The summed E-state index contributed by atoms with van der Waals surface area (Å²) in [4.78, 5) is 12.4. The summed E-state index contributed by atoms with van der Waals surface area (Å²) in [6.45, 7) is 6.41. The molecule has 1 amide bonds. The second kappa shape index (κ2) is 8.39. The zero-order valence-electron chi connectivity index (χ0n) is 14.8. The lowest BCUT2D eigenvalue weighted by atomic mass is 10.1. The van der Waals surface area contributed by atoms with Crippen LogP contribution in [0.3, 0.4) is 0 Å². The molecule has 128 valence electrons. The third kappa shape index (κ3) is 4.75. The number of benzene rings is 2. The molecule has 0 aromatic heterocycles. The number of aryl methyl sites for hydroxylation is 2. The SMILES string of the molecule is CC[C@@H](Oc1cc(C)ccc1C)C(=O)NCc1ccc(OC)cc1. The van der Waals surface area contributed by atoms with Crippen molar-refractivity contribution in [3.8, 4) is 11.5 Å². The first-order valence-corrected chi connectivity index (χ1v) is 8.18. The van der Waals surface area contributed by atoms with Crippen LogP contribution in [-0.2, 0) is 11.3 Å². The Morgan fingerprint density at radius 3 is 2.46 bits per heavy atom. The van der Waals surface area contributed by atoms with Gasteiger partial charge in [0.2, 0.25) is 0 Å². The minimum absolute atomic E-state index is 0.103. The fraction of sp³-hybridized carbons (Fsp3) is 0.350. The summed E-state index contributed by atoms with van der Waals surface area (Å²) in [5.74, 6) is 1.46. The Morgan fingerprint density at radius 1 is 1.12 bits per heavy atom. The number of hydrogen-bond donors (Lipinski definition) is 1. The van der Waals surface area contributed by atoms with Gasteiger partial charge in [-0.15, -0.1) is 0 Å². The second-order valence-corrected chi connectivity index (χ2v) is 5.85. The maximum atomic E-state index is 12.4. The summed E-state index contributed by atoms with van der Waals surface area (Å²) in [5, 5.41) is 2.94. The first-order valence-electron chi connectivity index (χ1n) is 8.18. The molecule has 0 radical (unpaired) electrons. The van der Waals surface area contributed by atoms with Crippen LogP contribution < -0.4 is 14.8 Å². The van der Waals surface area contributed by atoms with Crippen molar-refractivity contribution in [3.63, 3.8) is 0 Å². The van der Waals surface area contributed by atoms with Crippen molar-refractivity contribution < 1.29 is 14.3 Å². The van der Waals surface area contributed by atoms with Gasteiger partial charge >= 0.3 is 0 Å². The molecular formula is C20H25NO3. The normalized spacial score (nSPS) is 11.7. The predicted octanol–water partition coefficient (Wildman–Crippen LogP) is 3.79. The van der Waals surface area contributed by atoms with E-state index in [4.69, 9.17) is 9.47 Å². The van der Waals surface area contributed by atoms with Crippen LogP contribution in [-0.4, -0.2) is 19.1 Å². The molecule has 0 aliphatic carbocycles. The van der Waals surface area contributed by atoms with Gasteiger partial charge in [0, 0.05) is 6.54 Å². The summed E-state index contributed by atoms with van der Waals surface area (Å²) < 4.78 is 11.1. The molecule has 0 fully saturated rings. The quantitative estimate of drug-likeness (QED) is 0.842. The molecule has 1 atom stereocenters. The second-order valence-electron chi connectivity index (χ2n) is 5.85. The highest BCUT2D eigenvalue weighted by atomic mass is 16.5.